The van der Waals surface area contributed by atoms with Crippen molar-refractivity contribution in [2.45, 2.75) is 26.5 Å². The number of ether oxygens (including phenoxy) is 1. The molecule has 2 aromatic rings. The van der Waals surface area contributed by atoms with Crippen molar-refractivity contribution in [3.05, 3.63) is 53.9 Å². The topological polar surface area (TPSA) is 54.7 Å². The Labute approximate surface area is 155 Å². The third-order valence-corrected chi connectivity index (χ3v) is 4.70. The molecule has 0 radical (unpaired) electrons. The summed E-state index contributed by atoms with van der Waals surface area (Å²) in [5.74, 6) is 1.54. The molecule has 3 rings (SSSR count). The van der Waals surface area contributed by atoms with Gasteiger partial charge in [0.15, 0.2) is 5.96 Å². The molecule has 0 aliphatic carbocycles. The largest absolute Gasteiger partial charge is 0.376 e. The summed E-state index contributed by atoms with van der Waals surface area (Å²) < 4.78 is 7.80. The van der Waals surface area contributed by atoms with E-state index in [4.69, 9.17) is 9.73 Å². The van der Waals surface area contributed by atoms with Gasteiger partial charge in [-0.25, -0.2) is 4.99 Å². The quantitative estimate of drug-likeness (QED) is 0.612. The second-order valence-electron chi connectivity index (χ2n) is 6.72. The van der Waals surface area contributed by atoms with Gasteiger partial charge in [0.25, 0.3) is 0 Å². The number of aliphatic imine (C=N–C) groups is 1. The number of rotatable bonds is 7. The fraction of sp³-hybridized carbons (Fsp3) is 0.500. The molecule has 1 aliphatic heterocycles. The first-order chi connectivity index (χ1) is 12.8. The first kappa shape index (κ1) is 18.5. The zero-order chi connectivity index (χ0) is 18.2. The van der Waals surface area contributed by atoms with Crippen molar-refractivity contribution >= 4 is 5.96 Å². The molecule has 2 heterocycles. The summed E-state index contributed by atoms with van der Waals surface area (Å²) in [6.07, 6.45) is 2.96. The molecule has 0 amide bonds. The Balaban J connectivity index is 1.49. The standard InChI is InChI=1S/C20H29N5O/c1-3-21-20(22-13-19-9-11-23-24(19)2)25-12-10-18(14-25)16-26-15-17-7-5-4-6-8-17/h4-9,11,18H,3,10,12-16H2,1-2H3,(H,21,22). The number of benzene rings is 1. The molecule has 0 bridgehead atoms. The van der Waals surface area contributed by atoms with Crippen LogP contribution in [0.2, 0.25) is 0 Å². The minimum Gasteiger partial charge on any atom is -0.376 e. The predicted molar refractivity (Wildman–Crippen MR) is 104 cm³/mol. The van der Waals surface area contributed by atoms with E-state index < -0.39 is 0 Å². The third kappa shape index (κ3) is 5.08. The van der Waals surface area contributed by atoms with E-state index in [1.165, 1.54) is 5.56 Å². The highest BCUT2D eigenvalue weighted by Gasteiger charge is 2.25. The highest BCUT2D eigenvalue weighted by molar-refractivity contribution is 5.80. The van der Waals surface area contributed by atoms with E-state index in [9.17, 15) is 0 Å². The fourth-order valence-corrected chi connectivity index (χ4v) is 3.22. The Hall–Kier alpha value is -2.34. The van der Waals surface area contributed by atoms with Crippen molar-refractivity contribution in [2.24, 2.45) is 18.0 Å². The maximum atomic E-state index is 5.93. The molecule has 1 atom stereocenters. The molecule has 140 valence electrons. The van der Waals surface area contributed by atoms with Crippen LogP contribution in [0.5, 0.6) is 0 Å². The molecule has 1 fully saturated rings. The van der Waals surface area contributed by atoms with Gasteiger partial charge in [-0.05, 0) is 25.0 Å². The summed E-state index contributed by atoms with van der Waals surface area (Å²) >= 11 is 0. The molecular weight excluding hydrogens is 326 g/mol. The fourth-order valence-electron chi connectivity index (χ4n) is 3.22. The second kappa shape index (κ2) is 9.38. The van der Waals surface area contributed by atoms with Gasteiger partial charge in [0.2, 0.25) is 0 Å². The third-order valence-electron chi connectivity index (χ3n) is 4.70. The van der Waals surface area contributed by atoms with Gasteiger partial charge >= 0.3 is 0 Å². The van der Waals surface area contributed by atoms with Gasteiger partial charge in [-0.15, -0.1) is 0 Å². The van der Waals surface area contributed by atoms with Crippen LogP contribution in [0, 0.1) is 5.92 Å². The number of likely N-dealkylation sites (tertiary alicyclic amines) is 1. The summed E-state index contributed by atoms with van der Waals surface area (Å²) in [6, 6.07) is 12.4. The van der Waals surface area contributed by atoms with E-state index in [1.807, 2.05) is 30.1 Å². The summed E-state index contributed by atoms with van der Waals surface area (Å²) in [5.41, 5.74) is 2.34. The minimum absolute atomic E-state index is 0.555. The van der Waals surface area contributed by atoms with E-state index in [-0.39, 0.29) is 0 Å². The molecule has 1 aromatic carbocycles. The van der Waals surface area contributed by atoms with Crippen LogP contribution in [0.25, 0.3) is 0 Å². The molecule has 6 heteroatoms. The lowest BCUT2D eigenvalue weighted by Crippen LogP contribution is -2.40. The van der Waals surface area contributed by atoms with Gasteiger partial charge in [-0.1, -0.05) is 30.3 Å². The van der Waals surface area contributed by atoms with Crippen molar-refractivity contribution in [2.75, 3.05) is 26.2 Å². The summed E-state index contributed by atoms with van der Waals surface area (Å²) in [7, 11) is 1.95. The molecule has 26 heavy (non-hydrogen) atoms. The monoisotopic (exact) mass is 355 g/mol. The lowest BCUT2D eigenvalue weighted by atomic mass is 10.1. The Morgan fingerprint density at radius 3 is 2.88 bits per heavy atom. The van der Waals surface area contributed by atoms with Crippen LogP contribution in [0.4, 0.5) is 0 Å². The van der Waals surface area contributed by atoms with Crippen molar-refractivity contribution in [1.29, 1.82) is 0 Å². The molecule has 1 aromatic heterocycles. The number of aryl methyl sites for hydroxylation is 1. The highest BCUT2D eigenvalue weighted by atomic mass is 16.5. The van der Waals surface area contributed by atoms with Gasteiger partial charge in [0, 0.05) is 38.8 Å². The summed E-state index contributed by atoms with van der Waals surface area (Å²) in [4.78, 5) is 7.13. The lowest BCUT2D eigenvalue weighted by Gasteiger charge is -2.21. The maximum absolute atomic E-state index is 5.93. The molecule has 1 N–H and O–H groups in total. The zero-order valence-corrected chi connectivity index (χ0v) is 15.8. The van der Waals surface area contributed by atoms with Gasteiger partial charge in [-0.2, -0.15) is 5.10 Å². The van der Waals surface area contributed by atoms with E-state index in [1.54, 1.807) is 0 Å². The normalized spacial score (nSPS) is 17.7. The molecule has 1 unspecified atom stereocenters. The first-order valence-corrected chi connectivity index (χ1v) is 9.38. The number of nitrogens with zero attached hydrogens (tertiary/aromatic N) is 4. The second-order valence-corrected chi connectivity index (χ2v) is 6.72. The molecule has 1 aliphatic rings. The molecule has 0 saturated carbocycles. The average Bonchev–Trinajstić information content (AvgIpc) is 3.29. The van der Waals surface area contributed by atoms with Crippen molar-refractivity contribution in [3.8, 4) is 0 Å². The average molecular weight is 355 g/mol. The smallest absolute Gasteiger partial charge is 0.194 e. The van der Waals surface area contributed by atoms with Gasteiger partial charge < -0.3 is 15.0 Å². The van der Waals surface area contributed by atoms with Crippen LogP contribution in [0.3, 0.4) is 0 Å². The number of guanidine groups is 1. The van der Waals surface area contributed by atoms with E-state index >= 15 is 0 Å². The number of hydrogen-bond donors (Lipinski definition) is 1. The van der Waals surface area contributed by atoms with E-state index in [2.05, 4.69) is 46.5 Å². The molecule has 1 saturated heterocycles. The van der Waals surface area contributed by atoms with Crippen LogP contribution in [-0.2, 0) is 24.9 Å². The molecular formula is C20H29N5O. The van der Waals surface area contributed by atoms with Crippen molar-refractivity contribution in [1.82, 2.24) is 20.0 Å². The maximum Gasteiger partial charge on any atom is 0.194 e. The predicted octanol–water partition coefficient (Wildman–Crippen LogP) is 2.42. The lowest BCUT2D eigenvalue weighted by molar-refractivity contribution is 0.0906. The Bertz CT molecular complexity index is 697. The van der Waals surface area contributed by atoms with Gasteiger partial charge in [-0.3, -0.25) is 4.68 Å². The van der Waals surface area contributed by atoms with Crippen LogP contribution < -0.4 is 5.32 Å². The molecule has 0 spiro atoms. The van der Waals surface area contributed by atoms with Crippen molar-refractivity contribution < 1.29 is 4.74 Å². The number of nitrogens with one attached hydrogen (secondary N) is 1. The molecule has 6 nitrogen and oxygen atoms in total. The van der Waals surface area contributed by atoms with E-state index in [0.717, 1.165) is 44.3 Å². The SMILES string of the molecule is CCNC(=NCc1ccnn1C)N1CCC(COCc2ccccc2)C1. The summed E-state index contributed by atoms with van der Waals surface area (Å²) in [5, 5.41) is 7.62. The van der Waals surface area contributed by atoms with Crippen LogP contribution in [0.1, 0.15) is 24.6 Å². The van der Waals surface area contributed by atoms with Gasteiger partial charge in [0.1, 0.15) is 0 Å². The minimum atomic E-state index is 0.555. The van der Waals surface area contributed by atoms with Gasteiger partial charge in [0.05, 0.1) is 25.5 Å². The Kier molecular flexibility index (Phi) is 6.66. The van der Waals surface area contributed by atoms with E-state index in [0.29, 0.717) is 19.1 Å². The number of hydrogen-bond acceptors (Lipinski definition) is 3. The van der Waals surface area contributed by atoms with Crippen LogP contribution >= 0.6 is 0 Å². The Morgan fingerprint density at radius 1 is 1.31 bits per heavy atom. The van der Waals surface area contributed by atoms with Crippen LogP contribution in [0.15, 0.2) is 47.6 Å². The van der Waals surface area contributed by atoms with Crippen LogP contribution in [-0.4, -0.2) is 46.9 Å². The highest BCUT2D eigenvalue weighted by Crippen LogP contribution is 2.17. The summed E-state index contributed by atoms with van der Waals surface area (Å²) in [6.45, 7) is 7.12. The Morgan fingerprint density at radius 2 is 2.15 bits per heavy atom. The first-order valence-electron chi connectivity index (χ1n) is 9.38. The number of aromatic nitrogens is 2. The van der Waals surface area contributed by atoms with Crippen molar-refractivity contribution in [3.63, 3.8) is 0 Å². The zero-order valence-electron chi connectivity index (χ0n) is 15.8.